The minimum atomic E-state index is -2.88. The minimum Gasteiger partial charge on any atom is -0.392 e. The van der Waals surface area contributed by atoms with Crippen LogP contribution < -0.4 is 10.6 Å². The number of halogens is 2. The van der Waals surface area contributed by atoms with Gasteiger partial charge < -0.3 is 15.7 Å². The van der Waals surface area contributed by atoms with Crippen molar-refractivity contribution in [3.8, 4) is 11.1 Å². The molecule has 1 fully saturated rings. The molecule has 0 radical (unpaired) electrons. The van der Waals surface area contributed by atoms with E-state index in [1.807, 2.05) is 44.2 Å². The molecule has 0 saturated carbocycles. The molecule has 3 aromatic heterocycles. The monoisotopic (exact) mass is 652 g/mol. The van der Waals surface area contributed by atoms with E-state index in [1.165, 1.54) is 0 Å². The molecule has 2 aliphatic heterocycles. The number of carbonyl (C=O) groups excluding carboxylic acids is 2. The number of ketones is 1. The van der Waals surface area contributed by atoms with Gasteiger partial charge >= 0.3 is 0 Å². The van der Waals surface area contributed by atoms with Crippen LogP contribution in [0.2, 0.25) is 0 Å². The van der Waals surface area contributed by atoms with Gasteiger partial charge in [-0.25, -0.2) is 18.7 Å². The number of fused-ring (bicyclic) bond motifs is 2. The van der Waals surface area contributed by atoms with Crippen LogP contribution in [0.5, 0.6) is 0 Å². The number of hydrogen-bond acceptors (Lipinski definition) is 9. The average molecular weight is 653 g/mol. The lowest BCUT2D eigenvalue weighted by molar-refractivity contribution is 0.0950. The Hall–Kier alpha value is -5.14. The number of rotatable bonds is 8. The molecule has 0 unspecified atom stereocenters. The molecular weight excluding hydrogens is 618 g/mol. The van der Waals surface area contributed by atoms with Crippen molar-refractivity contribution in [1.29, 1.82) is 0 Å². The number of benzene rings is 2. The number of pyridine rings is 1. The van der Waals surface area contributed by atoms with Crippen molar-refractivity contribution in [3.63, 3.8) is 0 Å². The van der Waals surface area contributed by atoms with Gasteiger partial charge in [-0.3, -0.25) is 24.2 Å². The zero-order chi connectivity index (χ0) is 33.5. The number of alkyl halides is 2. The zero-order valence-electron chi connectivity index (χ0n) is 26.5. The number of aliphatic hydroxyl groups is 1. The first-order valence-corrected chi connectivity index (χ1v) is 15.9. The lowest BCUT2D eigenvalue weighted by Gasteiger charge is -2.18. The average Bonchev–Trinajstić information content (AvgIpc) is 3.70. The van der Waals surface area contributed by atoms with Gasteiger partial charge in [0.25, 0.3) is 12.3 Å². The fourth-order valence-corrected chi connectivity index (χ4v) is 6.44. The Balaban J connectivity index is 1.17. The standard InChI is InChI=1S/C35H34F2N8O3/c1-19-23(24-7-4-9-26(20(24)2)41-35(48)28-15-29-30(47)10-5-12-45(29)43-28)6-3-8-25(19)39-33-31-27(40-34(42-33)32(36)37)14-21(16-38-31)17-44-13-11-22(46)18-44/h3-4,6-9,14-16,22,32,46H,5,10-13,17-18H2,1-2H3,(H,41,48)(H,39,40,42)/t22-/m1/s1. The van der Waals surface area contributed by atoms with Crippen molar-refractivity contribution in [2.24, 2.45) is 0 Å². The van der Waals surface area contributed by atoms with Crippen molar-refractivity contribution in [2.75, 3.05) is 23.7 Å². The Bertz CT molecular complexity index is 2060. The Morgan fingerprint density at radius 3 is 2.50 bits per heavy atom. The number of aliphatic hydroxyl groups excluding tert-OH is 1. The number of aromatic nitrogens is 5. The number of hydrogen-bond donors (Lipinski definition) is 3. The van der Waals surface area contributed by atoms with Crippen molar-refractivity contribution in [2.45, 2.75) is 58.7 Å². The summed E-state index contributed by atoms with van der Waals surface area (Å²) >= 11 is 0. The van der Waals surface area contributed by atoms with Gasteiger partial charge in [0.1, 0.15) is 11.2 Å². The summed E-state index contributed by atoms with van der Waals surface area (Å²) in [5.74, 6) is -0.861. The summed E-state index contributed by atoms with van der Waals surface area (Å²) in [5, 5.41) is 20.4. The lowest BCUT2D eigenvalue weighted by Crippen LogP contribution is -2.21. The second kappa shape index (κ2) is 12.8. The van der Waals surface area contributed by atoms with Gasteiger partial charge in [-0.2, -0.15) is 5.10 Å². The van der Waals surface area contributed by atoms with Crippen molar-refractivity contribution in [1.82, 2.24) is 29.6 Å². The molecule has 5 aromatic rings. The van der Waals surface area contributed by atoms with Gasteiger partial charge in [-0.1, -0.05) is 24.3 Å². The van der Waals surface area contributed by atoms with Crippen LogP contribution in [-0.2, 0) is 13.1 Å². The molecule has 1 amide bonds. The molecule has 11 nitrogen and oxygen atoms in total. The minimum absolute atomic E-state index is 0.0186. The zero-order valence-corrected chi connectivity index (χ0v) is 26.5. The molecule has 246 valence electrons. The predicted molar refractivity (Wildman–Crippen MR) is 177 cm³/mol. The molecule has 1 saturated heterocycles. The van der Waals surface area contributed by atoms with Crippen molar-refractivity contribution < 1.29 is 23.5 Å². The molecule has 13 heteroatoms. The molecule has 3 N–H and O–H groups in total. The van der Waals surface area contributed by atoms with E-state index in [4.69, 9.17) is 0 Å². The summed E-state index contributed by atoms with van der Waals surface area (Å²) in [6.07, 6.45) is 0.282. The highest BCUT2D eigenvalue weighted by atomic mass is 19.3. The van der Waals surface area contributed by atoms with Gasteiger partial charge in [0.05, 0.1) is 11.6 Å². The SMILES string of the molecule is Cc1c(NC(=O)c2cc3n(n2)CCCC3=O)cccc1-c1cccc(Nc2nc(C(F)F)nc3cc(CN4CC[C@@H](O)C4)cnc23)c1C. The largest absolute Gasteiger partial charge is 0.392 e. The Morgan fingerprint density at radius 1 is 1.04 bits per heavy atom. The maximum Gasteiger partial charge on any atom is 0.297 e. The molecule has 0 spiro atoms. The van der Waals surface area contributed by atoms with Crippen LogP contribution in [0.1, 0.15) is 69.2 Å². The number of nitrogens with zero attached hydrogens (tertiary/aromatic N) is 6. The third-order valence-electron chi connectivity index (χ3n) is 8.99. The van der Waals surface area contributed by atoms with Crippen molar-refractivity contribution in [3.05, 3.63) is 88.6 Å². The molecule has 1 atom stereocenters. The van der Waals surface area contributed by atoms with Crippen LogP contribution >= 0.6 is 0 Å². The second-order valence-corrected chi connectivity index (χ2v) is 12.3. The molecule has 48 heavy (non-hydrogen) atoms. The Kier molecular flexibility index (Phi) is 8.40. The van der Waals surface area contributed by atoms with Crippen LogP contribution in [0.15, 0.2) is 54.7 Å². The molecule has 0 aliphatic carbocycles. The van der Waals surface area contributed by atoms with E-state index in [1.54, 1.807) is 29.1 Å². The summed E-state index contributed by atoms with van der Waals surface area (Å²) in [5.41, 5.74) is 6.73. The fraction of sp³-hybridized carbons (Fsp3) is 0.314. The second-order valence-electron chi connectivity index (χ2n) is 12.3. The van der Waals surface area contributed by atoms with Crippen LogP contribution in [-0.4, -0.2) is 65.6 Å². The van der Waals surface area contributed by atoms with E-state index in [0.717, 1.165) is 34.4 Å². The van der Waals surface area contributed by atoms with E-state index < -0.39 is 18.2 Å². The number of likely N-dealkylation sites (tertiary alicyclic amines) is 1. The van der Waals surface area contributed by atoms with Gasteiger partial charge in [0, 0.05) is 56.2 Å². The number of β-amino-alcohol motifs (C(OH)–C–C–N with tert-alkyl or cyclic N) is 1. The topological polar surface area (TPSA) is 138 Å². The first kappa shape index (κ1) is 31.5. The summed E-state index contributed by atoms with van der Waals surface area (Å²) in [4.78, 5) is 40.3. The third kappa shape index (κ3) is 6.14. The number of carbonyl (C=O) groups is 2. The van der Waals surface area contributed by atoms with Crippen LogP contribution in [0, 0.1) is 13.8 Å². The third-order valence-corrected chi connectivity index (χ3v) is 8.99. The number of aryl methyl sites for hydroxylation is 1. The Labute approximate surface area is 275 Å². The number of Topliss-reactive ketones (excluding diaryl/α,β-unsaturated/α-hetero) is 1. The Morgan fingerprint density at radius 2 is 1.79 bits per heavy atom. The predicted octanol–water partition coefficient (Wildman–Crippen LogP) is 5.98. The number of amides is 1. The molecular formula is C35H34F2N8O3. The quantitative estimate of drug-likeness (QED) is 0.185. The molecule has 0 bridgehead atoms. The lowest BCUT2D eigenvalue weighted by atomic mass is 9.94. The fourth-order valence-electron chi connectivity index (χ4n) is 6.44. The summed E-state index contributed by atoms with van der Waals surface area (Å²) in [6.45, 7) is 6.25. The molecule has 7 rings (SSSR count). The smallest absolute Gasteiger partial charge is 0.297 e. The van der Waals surface area contributed by atoms with E-state index in [2.05, 4.69) is 35.6 Å². The first-order chi connectivity index (χ1) is 23.1. The number of anilines is 3. The van der Waals surface area contributed by atoms with Crippen molar-refractivity contribution >= 4 is 39.9 Å². The van der Waals surface area contributed by atoms with E-state index in [9.17, 15) is 23.5 Å². The van der Waals surface area contributed by atoms with Gasteiger partial charge in [0.15, 0.2) is 23.1 Å². The first-order valence-electron chi connectivity index (χ1n) is 15.9. The van der Waals surface area contributed by atoms with E-state index >= 15 is 0 Å². The summed E-state index contributed by atoms with van der Waals surface area (Å²) in [7, 11) is 0. The maximum absolute atomic E-state index is 13.9. The number of nitrogens with one attached hydrogen (secondary N) is 2. The van der Waals surface area contributed by atoms with Gasteiger partial charge in [0.2, 0.25) is 0 Å². The van der Waals surface area contributed by atoms with E-state index in [-0.39, 0.29) is 23.4 Å². The maximum atomic E-state index is 13.9. The highest BCUT2D eigenvalue weighted by Gasteiger charge is 2.24. The molecule has 5 heterocycles. The molecule has 2 aromatic carbocycles. The van der Waals surface area contributed by atoms with Crippen LogP contribution in [0.25, 0.3) is 22.2 Å². The van der Waals surface area contributed by atoms with Crippen LogP contribution in [0.4, 0.5) is 26.0 Å². The highest BCUT2D eigenvalue weighted by Crippen LogP contribution is 2.36. The summed E-state index contributed by atoms with van der Waals surface area (Å²) in [6, 6.07) is 14.5. The van der Waals surface area contributed by atoms with E-state index in [0.29, 0.717) is 67.0 Å². The van der Waals surface area contributed by atoms with Crippen LogP contribution in [0.3, 0.4) is 0 Å². The van der Waals surface area contributed by atoms with Gasteiger partial charge in [-0.05, 0) is 72.7 Å². The molecule has 2 aliphatic rings. The summed E-state index contributed by atoms with van der Waals surface area (Å²) < 4.78 is 29.5. The normalized spacial score (nSPS) is 16.5. The highest BCUT2D eigenvalue weighted by molar-refractivity contribution is 6.06. The van der Waals surface area contributed by atoms with Gasteiger partial charge in [-0.15, -0.1) is 0 Å².